The van der Waals surface area contributed by atoms with E-state index in [2.05, 4.69) is 5.32 Å². The third-order valence-corrected chi connectivity index (χ3v) is 4.21. The average molecular weight is 282 g/mol. The summed E-state index contributed by atoms with van der Waals surface area (Å²) < 4.78 is 17.2. The Hall–Kier alpha value is -1.40. The summed E-state index contributed by atoms with van der Waals surface area (Å²) in [6.07, 6.45) is 2.00. The molecule has 1 saturated heterocycles. The molecule has 0 saturated carbocycles. The van der Waals surface area contributed by atoms with Crippen molar-refractivity contribution in [2.75, 3.05) is 29.2 Å². The Bertz CT molecular complexity index is 455. The van der Waals surface area contributed by atoms with E-state index in [9.17, 15) is 9.00 Å². The lowest BCUT2D eigenvalue weighted by atomic mass is 10.3. The minimum atomic E-state index is -1.18. The zero-order valence-electron chi connectivity index (χ0n) is 10.6. The molecule has 1 aromatic rings. The Morgan fingerprint density at radius 3 is 2.79 bits per heavy atom. The summed E-state index contributed by atoms with van der Waals surface area (Å²) in [5.74, 6) is 0.195. The van der Waals surface area contributed by atoms with Gasteiger partial charge in [0, 0.05) is 28.8 Å². The molecule has 3 N–H and O–H groups in total. The van der Waals surface area contributed by atoms with Crippen molar-refractivity contribution in [3.05, 3.63) is 24.3 Å². The van der Waals surface area contributed by atoms with Crippen LogP contribution in [0.2, 0.25) is 0 Å². The topological polar surface area (TPSA) is 81.4 Å². The molecule has 1 aromatic carbocycles. The molecular weight excluding hydrogens is 264 g/mol. The maximum atomic E-state index is 11.8. The van der Waals surface area contributed by atoms with Gasteiger partial charge in [-0.3, -0.25) is 9.00 Å². The predicted octanol–water partition coefficient (Wildman–Crippen LogP) is 1.13. The third-order valence-electron chi connectivity index (χ3n) is 2.88. The number of nitrogens with two attached hydrogens (primary N) is 1. The summed E-state index contributed by atoms with van der Waals surface area (Å²) in [4.78, 5) is 11.7. The fourth-order valence-electron chi connectivity index (χ4n) is 1.95. The Balaban J connectivity index is 1.77. The van der Waals surface area contributed by atoms with Crippen LogP contribution >= 0.6 is 0 Å². The van der Waals surface area contributed by atoms with E-state index in [1.807, 2.05) is 0 Å². The number of hydrogen-bond donors (Lipinski definition) is 2. The standard InChI is InChI=1S/C13H18N2O3S/c14-10-3-5-11(6-4-10)15-13(16)9-19(17)8-12-2-1-7-18-12/h3-6,12H,1-2,7-9,14H2,(H,15,16). The Morgan fingerprint density at radius 2 is 2.16 bits per heavy atom. The van der Waals surface area contributed by atoms with Crippen LogP contribution in [-0.4, -0.2) is 34.3 Å². The van der Waals surface area contributed by atoms with Crippen molar-refractivity contribution in [3.63, 3.8) is 0 Å². The van der Waals surface area contributed by atoms with E-state index >= 15 is 0 Å². The molecule has 0 radical (unpaired) electrons. The van der Waals surface area contributed by atoms with E-state index in [0.717, 1.165) is 19.4 Å². The smallest absolute Gasteiger partial charge is 0.236 e. The van der Waals surface area contributed by atoms with Crippen molar-refractivity contribution in [2.45, 2.75) is 18.9 Å². The summed E-state index contributed by atoms with van der Waals surface area (Å²) in [7, 11) is -1.18. The van der Waals surface area contributed by atoms with E-state index in [4.69, 9.17) is 10.5 Å². The number of anilines is 2. The van der Waals surface area contributed by atoms with Crippen LogP contribution < -0.4 is 11.1 Å². The highest BCUT2D eigenvalue weighted by atomic mass is 32.2. The highest BCUT2D eigenvalue weighted by molar-refractivity contribution is 7.85. The zero-order chi connectivity index (χ0) is 13.7. The quantitative estimate of drug-likeness (QED) is 0.793. The van der Waals surface area contributed by atoms with Gasteiger partial charge in [-0.1, -0.05) is 0 Å². The first-order chi connectivity index (χ1) is 9.13. The van der Waals surface area contributed by atoms with E-state index in [-0.39, 0.29) is 17.8 Å². The molecule has 2 unspecified atom stereocenters. The molecule has 0 aromatic heterocycles. The molecule has 1 fully saturated rings. The highest BCUT2D eigenvalue weighted by Crippen LogP contribution is 2.13. The Kier molecular flexibility index (Phi) is 4.93. The van der Waals surface area contributed by atoms with Gasteiger partial charge < -0.3 is 15.8 Å². The van der Waals surface area contributed by atoms with Gasteiger partial charge in [0.25, 0.3) is 0 Å². The minimum Gasteiger partial charge on any atom is -0.399 e. The molecule has 2 atom stereocenters. The summed E-state index contributed by atoms with van der Waals surface area (Å²) in [6, 6.07) is 6.85. The van der Waals surface area contributed by atoms with Crippen molar-refractivity contribution in [1.29, 1.82) is 0 Å². The lowest BCUT2D eigenvalue weighted by molar-refractivity contribution is -0.113. The second-order valence-electron chi connectivity index (χ2n) is 4.56. The second-order valence-corrected chi connectivity index (χ2v) is 6.06. The first-order valence-electron chi connectivity index (χ1n) is 6.25. The van der Waals surface area contributed by atoms with Gasteiger partial charge in [-0.25, -0.2) is 0 Å². The fourth-order valence-corrected chi connectivity index (χ4v) is 3.11. The number of carbonyl (C=O) groups is 1. The van der Waals surface area contributed by atoms with Gasteiger partial charge in [0.05, 0.1) is 11.9 Å². The van der Waals surface area contributed by atoms with Gasteiger partial charge in [0.1, 0.15) is 5.75 Å². The average Bonchev–Trinajstić information content (AvgIpc) is 2.84. The first-order valence-corrected chi connectivity index (χ1v) is 7.74. The van der Waals surface area contributed by atoms with Crippen LogP contribution in [0.15, 0.2) is 24.3 Å². The lowest BCUT2D eigenvalue weighted by Crippen LogP contribution is -2.25. The molecule has 1 heterocycles. The van der Waals surface area contributed by atoms with Gasteiger partial charge in [0.15, 0.2) is 0 Å². The zero-order valence-corrected chi connectivity index (χ0v) is 11.4. The molecule has 2 rings (SSSR count). The van der Waals surface area contributed by atoms with Crippen LogP contribution in [0, 0.1) is 0 Å². The summed E-state index contributed by atoms with van der Waals surface area (Å²) in [5, 5.41) is 2.70. The van der Waals surface area contributed by atoms with Crippen LogP contribution in [0.5, 0.6) is 0 Å². The van der Waals surface area contributed by atoms with Crippen molar-refractivity contribution in [3.8, 4) is 0 Å². The normalized spacial score (nSPS) is 20.1. The second kappa shape index (κ2) is 6.68. The molecule has 0 bridgehead atoms. The van der Waals surface area contributed by atoms with E-state index in [1.165, 1.54) is 0 Å². The number of hydrogen-bond acceptors (Lipinski definition) is 4. The van der Waals surface area contributed by atoms with Crippen molar-refractivity contribution >= 4 is 28.1 Å². The first kappa shape index (κ1) is 14.0. The number of carbonyl (C=O) groups excluding carboxylic acids is 1. The fraction of sp³-hybridized carbons (Fsp3) is 0.462. The minimum absolute atomic E-state index is 0.00420. The highest BCUT2D eigenvalue weighted by Gasteiger charge is 2.19. The third kappa shape index (κ3) is 4.65. The number of nitrogens with one attached hydrogen (secondary N) is 1. The number of nitrogen functional groups attached to an aromatic ring is 1. The predicted molar refractivity (Wildman–Crippen MR) is 76.3 cm³/mol. The van der Waals surface area contributed by atoms with Gasteiger partial charge in [0.2, 0.25) is 5.91 Å². The number of amides is 1. The van der Waals surface area contributed by atoms with E-state index < -0.39 is 10.8 Å². The van der Waals surface area contributed by atoms with Crippen LogP contribution in [0.3, 0.4) is 0 Å². The molecule has 1 aliphatic heterocycles. The van der Waals surface area contributed by atoms with Crippen LogP contribution in [0.1, 0.15) is 12.8 Å². The maximum absolute atomic E-state index is 11.8. The van der Waals surface area contributed by atoms with Gasteiger partial charge in [-0.2, -0.15) is 0 Å². The maximum Gasteiger partial charge on any atom is 0.236 e. The SMILES string of the molecule is Nc1ccc(NC(=O)CS(=O)CC2CCCO2)cc1. The summed E-state index contributed by atoms with van der Waals surface area (Å²) >= 11 is 0. The molecule has 0 spiro atoms. The Labute approximate surface area is 115 Å². The lowest BCUT2D eigenvalue weighted by Gasteiger charge is -2.09. The molecule has 104 valence electrons. The summed E-state index contributed by atoms with van der Waals surface area (Å²) in [6.45, 7) is 0.736. The molecule has 19 heavy (non-hydrogen) atoms. The number of ether oxygens (including phenoxy) is 1. The van der Waals surface area contributed by atoms with Gasteiger partial charge in [-0.05, 0) is 37.1 Å². The molecule has 5 nitrogen and oxygen atoms in total. The molecular formula is C13H18N2O3S. The van der Waals surface area contributed by atoms with Gasteiger partial charge in [-0.15, -0.1) is 0 Å². The molecule has 6 heteroatoms. The van der Waals surface area contributed by atoms with Crippen LogP contribution in [0.25, 0.3) is 0 Å². The van der Waals surface area contributed by atoms with Crippen LogP contribution in [-0.2, 0) is 20.3 Å². The monoisotopic (exact) mass is 282 g/mol. The number of rotatable bonds is 5. The largest absolute Gasteiger partial charge is 0.399 e. The molecule has 1 amide bonds. The van der Waals surface area contributed by atoms with Crippen molar-refractivity contribution in [2.24, 2.45) is 0 Å². The Morgan fingerprint density at radius 1 is 1.42 bits per heavy atom. The number of benzene rings is 1. The van der Waals surface area contributed by atoms with Crippen LogP contribution in [0.4, 0.5) is 11.4 Å². The molecule has 1 aliphatic rings. The van der Waals surface area contributed by atoms with E-state index in [0.29, 0.717) is 17.1 Å². The molecule has 0 aliphatic carbocycles. The van der Waals surface area contributed by atoms with Gasteiger partial charge >= 0.3 is 0 Å². The summed E-state index contributed by atoms with van der Waals surface area (Å²) in [5.41, 5.74) is 6.85. The van der Waals surface area contributed by atoms with Crippen molar-refractivity contribution in [1.82, 2.24) is 0 Å². The van der Waals surface area contributed by atoms with E-state index in [1.54, 1.807) is 24.3 Å². The van der Waals surface area contributed by atoms with Crippen molar-refractivity contribution < 1.29 is 13.7 Å².